The van der Waals surface area contributed by atoms with Crippen LogP contribution in [0.1, 0.15) is 36.0 Å². The quantitative estimate of drug-likeness (QED) is 0.799. The monoisotopic (exact) mass is 423 g/mol. The molecular weight excluding hydrogens is 394 g/mol. The number of methoxy groups -OCH3 is 2. The van der Waals surface area contributed by atoms with Crippen molar-refractivity contribution >= 4 is 17.5 Å². The first-order valence-corrected chi connectivity index (χ1v) is 10.6. The molecule has 2 atom stereocenters. The third-order valence-electron chi connectivity index (χ3n) is 6.45. The molecule has 0 fully saturated rings. The molecule has 0 radical (unpaired) electrons. The van der Waals surface area contributed by atoms with Gasteiger partial charge in [0.25, 0.3) is 0 Å². The molecule has 0 bridgehead atoms. The molecule has 4 rings (SSSR count). The van der Waals surface area contributed by atoms with Crippen molar-refractivity contribution in [2.45, 2.75) is 38.3 Å². The van der Waals surface area contributed by atoms with Gasteiger partial charge in [0, 0.05) is 24.8 Å². The normalized spacial score (nSPS) is 20.0. The maximum absolute atomic E-state index is 13.3. The van der Waals surface area contributed by atoms with Crippen molar-refractivity contribution in [1.29, 1.82) is 0 Å². The predicted molar refractivity (Wildman–Crippen MR) is 118 cm³/mol. The van der Waals surface area contributed by atoms with E-state index in [1.165, 1.54) is 5.56 Å². The second-order valence-electron chi connectivity index (χ2n) is 8.27. The number of nitrogens with zero attached hydrogens (tertiary/aromatic N) is 2. The van der Waals surface area contributed by atoms with Gasteiger partial charge in [-0.3, -0.25) is 9.59 Å². The van der Waals surface area contributed by atoms with E-state index in [0.717, 1.165) is 23.2 Å². The van der Waals surface area contributed by atoms with Gasteiger partial charge in [-0.1, -0.05) is 18.2 Å². The number of hydrogen-bond donors (Lipinski definition) is 1. The van der Waals surface area contributed by atoms with Crippen molar-refractivity contribution in [2.75, 3.05) is 32.2 Å². The first-order chi connectivity index (χ1) is 14.9. The first kappa shape index (κ1) is 21.0. The highest BCUT2D eigenvalue weighted by Crippen LogP contribution is 2.38. The molecule has 0 aliphatic carbocycles. The number of nitrogens with two attached hydrogens (primary N) is 1. The van der Waals surface area contributed by atoms with E-state index >= 15 is 0 Å². The Morgan fingerprint density at radius 1 is 1.10 bits per heavy atom. The Morgan fingerprint density at radius 2 is 1.77 bits per heavy atom. The van der Waals surface area contributed by atoms with E-state index in [4.69, 9.17) is 15.2 Å². The Balaban J connectivity index is 1.54. The van der Waals surface area contributed by atoms with Crippen LogP contribution in [0.5, 0.6) is 11.5 Å². The van der Waals surface area contributed by atoms with Gasteiger partial charge in [-0.15, -0.1) is 0 Å². The molecule has 2 aromatic rings. The Morgan fingerprint density at radius 3 is 2.45 bits per heavy atom. The topological polar surface area (TPSA) is 85.1 Å². The molecule has 164 valence electrons. The third kappa shape index (κ3) is 3.92. The van der Waals surface area contributed by atoms with E-state index in [1.54, 1.807) is 14.2 Å². The molecule has 2 N–H and O–H groups in total. The summed E-state index contributed by atoms with van der Waals surface area (Å²) in [6.07, 6.45) is 1.39. The van der Waals surface area contributed by atoms with Gasteiger partial charge in [-0.05, 0) is 54.7 Å². The maximum Gasteiger partial charge on any atom is 0.242 e. The maximum atomic E-state index is 13.3. The molecule has 0 saturated heterocycles. The van der Waals surface area contributed by atoms with Crippen LogP contribution in [0.2, 0.25) is 0 Å². The van der Waals surface area contributed by atoms with Gasteiger partial charge in [0.2, 0.25) is 11.8 Å². The van der Waals surface area contributed by atoms with Crippen molar-refractivity contribution in [3.63, 3.8) is 0 Å². The number of amides is 2. The van der Waals surface area contributed by atoms with E-state index in [-0.39, 0.29) is 30.3 Å². The summed E-state index contributed by atoms with van der Waals surface area (Å²) >= 11 is 0. The molecule has 7 heteroatoms. The molecule has 2 aliphatic rings. The van der Waals surface area contributed by atoms with Gasteiger partial charge >= 0.3 is 0 Å². The number of hydrogen-bond acceptors (Lipinski definition) is 5. The fourth-order valence-electron chi connectivity index (χ4n) is 4.73. The van der Waals surface area contributed by atoms with Gasteiger partial charge in [-0.2, -0.15) is 0 Å². The van der Waals surface area contributed by atoms with Gasteiger partial charge in [0.1, 0.15) is 0 Å². The van der Waals surface area contributed by atoms with Crippen LogP contribution in [0.3, 0.4) is 0 Å². The molecule has 2 aromatic carbocycles. The highest BCUT2D eigenvalue weighted by molar-refractivity contribution is 5.87. The minimum atomic E-state index is -0.318. The van der Waals surface area contributed by atoms with E-state index < -0.39 is 0 Å². The molecule has 2 aliphatic heterocycles. The largest absolute Gasteiger partial charge is 0.493 e. The molecule has 0 unspecified atom stereocenters. The fourth-order valence-corrected chi connectivity index (χ4v) is 4.73. The summed E-state index contributed by atoms with van der Waals surface area (Å²) in [4.78, 5) is 29.2. The van der Waals surface area contributed by atoms with Crippen molar-refractivity contribution in [1.82, 2.24) is 4.90 Å². The second kappa shape index (κ2) is 8.49. The molecule has 0 saturated carbocycles. The Kier molecular flexibility index (Phi) is 5.76. The summed E-state index contributed by atoms with van der Waals surface area (Å²) in [6.45, 7) is 3.52. The summed E-state index contributed by atoms with van der Waals surface area (Å²) in [5, 5.41) is 0. The summed E-state index contributed by atoms with van der Waals surface area (Å²) < 4.78 is 10.8. The van der Waals surface area contributed by atoms with E-state index in [2.05, 4.69) is 4.90 Å². The van der Waals surface area contributed by atoms with Crippen LogP contribution >= 0.6 is 0 Å². The van der Waals surface area contributed by atoms with Gasteiger partial charge in [-0.25, -0.2) is 0 Å². The average molecular weight is 424 g/mol. The number of ether oxygens (including phenoxy) is 2. The highest BCUT2D eigenvalue weighted by Gasteiger charge is 2.34. The van der Waals surface area contributed by atoms with Crippen LogP contribution in [0.4, 0.5) is 5.69 Å². The van der Waals surface area contributed by atoms with E-state index in [9.17, 15) is 9.59 Å². The molecule has 31 heavy (non-hydrogen) atoms. The lowest BCUT2D eigenvalue weighted by molar-refractivity contribution is -0.130. The standard InChI is InChI=1S/C24H29N3O4/c1-15-10-19(24(25)29)18-6-4-5-7-20(18)27(15)14-23(28)26-9-8-16-11-21(30-2)22(31-3)12-17(16)13-26/h4-7,11-12,15,19H,8-10,13-14H2,1-3H3,(H2,25,29)/t15-,19+/m1/s1. The van der Waals surface area contributed by atoms with Crippen molar-refractivity contribution in [3.05, 3.63) is 53.1 Å². The van der Waals surface area contributed by atoms with Crippen molar-refractivity contribution < 1.29 is 19.1 Å². The Hall–Kier alpha value is -3.22. The smallest absolute Gasteiger partial charge is 0.242 e. The molecule has 7 nitrogen and oxygen atoms in total. The number of fused-ring (bicyclic) bond motifs is 2. The van der Waals surface area contributed by atoms with Gasteiger partial charge in [0.05, 0.1) is 26.7 Å². The zero-order valence-electron chi connectivity index (χ0n) is 18.3. The van der Waals surface area contributed by atoms with Crippen LogP contribution < -0.4 is 20.1 Å². The fraction of sp³-hybridized carbons (Fsp3) is 0.417. The van der Waals surface area contributed by atoms with Crippen LogP contribution in [-0.2, 0) is 22.6 Å². The van der Waals surface area contributed by atoms with Crippen LogP contribution in [0.15, 0.2) is 36.4 Å². The second-order valence-corrected chi connectivity index (χ2v) is 8.27. The third-order valence-corrected chi connectivity index (χ3v) is 6.45. The van der Waals surface area contributed by atoms with Gasteiger partial charge in [0.15, 0.2) is 11.5 Å². The number of carbonyl (C=O) groups excluding carboxylic acids is 2. The minimum absolute atomic E-state index is 0.0396. The molecule has 2 heterocycles. The van der Waals surface area contributed by atoms with Crippen molar-refractivity contribution in [2.24, 2.45) is 5.73 Å². The Bertz CT molecular complexity index is 1010. The Labute approximate surface area is 182 Å². The molecule has 2 amide bonds. The highest BCUT2D eigenvalue weighted by atomic mass is 16.5. The van der Waals surface area contributed by atoms with E-state index in [1.807, 2.05) is 48.2 Å². The molecule has 0 spiro atoms. The van der Waals surface area contributed by atoms with Crippen molar-refractivity contribution in [3.8, 4) is 11.5 Å². The SMILES string of the molecule is COc1cc2c(cc1OC)CN(C(=O)CN1c3ccccc3[C@@H](C(N)=O)C[C@H]1C)CC2. The summed E-state index contributed by atoms with van der Waals surface area (Å²) in [5.41, 5.74) is 9.73. The molecular formula is C24H29N3O4. The lowest BCUT2D eigenvalue weighted by Gasteiger charge is -2.41. The van der Waals surface area contributed by atoms with Crippen LogP contribution in [0, 0.1) is 0 Å². The first-order valence-electron chi connectivity index (χ1n) is 10.6. The van der Waals surface area contributed by atoms with E-state index in [0.29, 0.717) is 31.0 Å². The molecule has 0 aromatic heterocycles. The lowest BCUT2D eigenvalue weighted by atomic mass is 9.85. The van der Waals surface area contributed by atoms with Gasteiger partial charge < -0.3 is 25.0 Å². The number of rotatable bonds is 5. The number of benzene rings is 2. The summed E-state index contributed by atoms with van der Waals surface area (Å²) in [6, 6.07) is 11.8. The van der Waals surface area contributed by atoms with Crippen LogP contribution in [-0.4, -0.2) is 50.1 Å². The summed E-state index contributed by atoms with van der Waals surface area (Å²) in [5.74, 6) is 0.819. The average Bonchev–Trinajstić information content (AvgIpc) is 2.78. The number of primary amides is 1. The summed E-state index contributed by atoms with van der Waals surface area (Å²) in [7, 11) is 3.24. The lowest BCUT2D eigenvalue weighted by Crippen LogP contribution is -2.48. The number of carbonyl (C=O) groups is 2. The minimum Gasteiger partial charge on any atom is -0.493 e. The van der Waals surface area contributed by atoms with Crippen LogP contribution in [0.25, 0.3) is 0 Å². The zero-order chi connectivity index (χ0) is 22.1. The predicted octanol–water partition coefficient (Wildman–Crippen LogP) is 2.46. The zero-order valence-corrected chi connectivity index (χ0v) is 18.3. The number of para-hydroxylation sites is 1. The number of anilines is 1.